The second-order valence-corrected chi connectivity index (χ2v) is 6.36. The predicted molar refractivity (Wildman–Crippen MR) is 105 cm³/mol. The Balaban J connectivity index is 2.39. The Bertz CT molecular complexity index is 581. The lowest BCUT2D eigenvalue weighted by atomic mass is 9.90. The van der Waals surface area contributed by atoms with E-state index in [1.807, 2.05) is 18.2 Å². The Morgan fingerprint density at radius 1 is 1.15 bits per heavy atom. The summed E-state index contributed by atoms with van der Waals surface area (Å²) in [5.41, 5.74) is 0. The highest BCUT2D eigenvalue weighted by atomic mass is 16.4. The van der Waals surface area contributed by atoms with Gasteiger partial charge in [0.1, 0.15) is 0 Å². The molecule has 142 valence electrons. The first-order chi connectivity index (χ1) is 12.5. The van der Waals surface area contributed by atoms with Crippen LogP contribution < -0.4 is 0 Å². The number of aliphatic hydroxyl groups is 1. The molecule has 0 bridgehead atoms. The van der Waals surface area contributed by atoms with E-state index < -0.39 is 12.1 Å². The summed E-state index contributed by atoms with van der Waals surface area (Å²) < 4.78 is 0. The zero-order valence-electron chi connectivity index (χ0n) is 15.5. The van der Waals surface area contributed by atoms with Crippen molar-refractivity contribution in [2.75, 3.05) is 0 Å². The van der Waals surface area contributed by atoms with Crippen molar-refractivity contribution in [1.82, 2.24) is 0 Å². The van der Waals surface area contributed by atoms with Crippen molar-refractivity contribution in [1.29, 1.82) is 0 Å². The lowest BCUT2D eigenvalue weighted by Crippen LogP contribution is -2.14. The summed E-state index contributed by atoms with van der Waals surface area (Å²) in [6.07, 6.45) is 22.3. The molecule has 0 aromatic heterocycles. The van der Waals surface area contributed by atoms with Gasteiger partial charge in [0, 0.05) is 18.3 Å². The number of hydrogen-bond donors (Lipinski definition) is 2. The number of carboxylic acids is 1. The molecule has 0 aliphatic heterocycles. The molecule has 0 saturated carbocycles. The molecular formula is C22H30O4. The van der Waals surface area contributed by atoms with Crippen LogP contribution in [0.2, 0.25) is 0 Å². The number of rotatable bonds is 12. The van der Waals surface area contributed by atoms with Crippen LogP contribution in [0, 0.1) is 11.8 Å². The highest BCUT2D eigenvalue weighted by Gasteiger charge is 2.27. The summed E-state index contributed by atoms with van der Waals surface area (Å²) >= 11 is 0. The van der Waals surface area contributed by atoms with Crippen LogP contribution in [0.4, 0.5) is 0 Å². The van der Waals surface area contributed by atoms with E-state index in [1.54, 1.807) is 12.2 Å². The Labute approximate surface area is 156 Å². The summed E-state index contributed by atoms with van der Waals surface area (Å²) in [5, 5.41) is 18.4. The van der Waals surface area contributed by atoms with Crippen molar-refractivity contribution < 1.29 is 19.8 Å². The average molecular weight is 358 g/mol. The molecule has 0 fully saturated rings. The fourth-order valence-electron chi connectivity index (χ4n) is 2.70. The zero-order valence-corrected chi connectivity index (χ0v) is 15.5. The van der Waals surface area contributed by atoms with Gasteiger partial charge in [0.15, 0.2) is 5.78 Å². The summed E-state index contributed by atoms with van der Waals surface area (Å²) in [6, 6.07) is 0. The van der Waals surface area contributed by atoms with Crippen molar-refractivity contribution in [3.8, 4) is 0 Å². The van der Waals surface area contributed by atoms with Crippen molar-refractivity contribution in [2.24, 2.45) is 11.8 Å². The topological polar surface area (TPSA) is 74.6 Å². The van der Waals surface area contributed by atoms with Crippen molar-refractivity contribution >= 4 is 11.8 Å². The van der Waals surface area contributed by atoms with Gasteiger partial charge < -0.3 is 10.2 Å². The second kappa shape index (κ2) is 13.1. The van der Waals surface area contributed by atoms with E-state index in [0.29, 0.717) is 6.42 Å². The van der Waals surface area contributed by atoms with Crippen molar-refractivity contribution in [3.63, 3.8) is 0 Å². The number of hydrogen-bond acceptors (Lipinski definition) is 3. The Hall–Kier alpha value is -2.20. The van der Waals surface area contributed by atoms with Crippen LogP contribution >= 0.6 is 0 Å². The third-order valence-electron chi connectivity index (χ3n) is 4.19. The molecule has 2 N–H and O–H groups in total. The minimum absolute atomic E-state index is 0.0404. The number of allylic oxidation sites excluding steroid dienone is 9. The van der Waals surface area contributed by atoms with Gasteiger partial charge in [-0.1, -0.05) is 61.6 Å². The van der Waals surface area contributed by atoms with E-state index in [4.69, 9.17) is 5.11 Å². The van der Waals surface area contributed by atoms with Gasteiger partial charge in [-0.15, -0.1) is 0 Å². The molecule has 1 rings (SSSR count). The van der Waals surface area contributed by atoms with E-state index in [-0.39, 0.29) is 30.5 Å². The Kier molecular flexibility index (Phi) is 11.0. The molecule has 0 spiro atoms. The van der Waals surface area contributed by atoms with Crippen LogP contribution in [0.15, 0.2) is 60.8 Å². The summed E-state index contributed by atoms with van der Waals surface area (Å²) in [7, 11) is 0. The van der Waals surface area contributed by atoms with E-state index in [1.165, 1.54) is 0 Å². The SMILES string of the molecule is CC/C=C\C/C=C\C/C=C\C[C@H]1C(=O)C=C[C@@H]1/C=C/[C@@H](O)CCC(=O)O. The molecule has 1 aliphatic rings. The fourth-order valence-corrected chi connectivity index (χ4v) is 2.70. The van der Waals surface area contributed by atoms with Crippen LogP contribution in [-0.4, -0.2) is 28.1 Å². The molecule has 0 saturated heterocycles. The van der Waals surface area contributed by atoms with Crippen LogP contribution in [0.5, 0.6) is 0 Å². The highest BCUT2D eigenvalue weighted by Crippen LogP contribution is 2.27. The third kappa shape index (κ3) is 9.33. The summed E-state index contributed by atoms with van der Waals surface area (Å²) in [5.74, 6) is -0.997. The number of carbonyl (C=O) groups excluding carboxylic acids is 1. The quantitative estimate of drug-likeness (QED) is 0.507. The van der Waals surface area contributed by atoms with Gasteiger partial charge in [-0.2, -0.15) is 0 Å². The standard InChI is InChI=1S/C22H30O4/c1-2-3-4-5-6-7-8-9-10-11-20-18(13-16-21(20)24)12-14-19(23)15-17-22(25)26/h3-4,6-7,9-10,12-14,16,18-20,23H,2,5,8,11,15,17H2,1H3,(H,25,26)/b4-3-,7-6-,10-9-,14-12+/t18-,19+,20+/m0/s1. The normalized spacial score (nSPS) is 21.8. The number of carboxylic acid groups (broad SMARTS) is 1. The first kappa shape index (κ1) is 21.8. The van der Waals surface area contributed by atoms with Crippen molar-refractivity contribution in [2.45, 2.75) is 51.6 Å². The van der Waals surface area contributed by atoms with E-state index in [0.717, 1.165) is 19.3 Å². The van der Waals surface area contributed by atoms with Gasteiger partial charge in [0.2, 0.25) is 0 Å². The maximum Gasteiger partial charge on any atom is 0.303 e. The van der Waals surface area contributed by atoms with Crippen LogP contribution in [0.3, 0.4) is 0 Å². The Morgan fingerprint density at radius 2 is 1.81 bits per heavy atom. The molecule has 0 aromatic carbocycles. The molecule has 0 unspecified atom stereocenters. The van der Waals surface area contributed by atoms with Crippen LogP contribution in [0.1, 0.15) is 45.4 Å². The molecular weight excluding hydrogens is 328 g/mol. The molecule has 4 heteroatoms. The van der Waals surface area contributed by atoms with Gasteiger partial charge >= 0.3 is 5.97 Å². The van der Waals surface area contributed by atoms with Gasteiger partial charge in [0.05, 0.1) is 6.10 Å². The van der Waals surface area contributed by atoms with Crippen LogP contribution in [0.25, 0.3) is 0 Å². The molecule has 0 amide bonds. The maximum absolute atomic E-state index is 12.0. The average Bonchev–Trinajstić information content (AvgIpc) is 2.96. The molecule has 0 aromatic rings. The number of ketones is 1. The Morgan fingerprint density at radius 3 is 2.46 bits per heavy atom. The number of aliphatic hydroxyl groups excluding tert-OH is 1. The smallest absolute Gasteiger partial charge is 0.303 e. The lowest BCUT2D eigenvalue weighted by Gasteiger charge is -2.13. The van der Waals surface area contributed by atoms with E-state index >= 15 is 0 Å². The van der Waals surface area contributed by atoms with Gasteiger partial charge in [-0.3, -0.25) is 9.59 Å². The molecule has 4 nitrogen and oxygen atoms in total. The molecule has 0 heterocycles. The molecule has 0 radical (unpaired) electrons. The minimum Gasteiger partial charge on any atom is -0.481 e. The number of carbonyl (C=O) groups is 2. The summed E-state index contributed by atoms with van der Waals surface area (Å²) in [6.45, 7) is 2.11. The lowest BCUT2D eigenvalue weighted by molar-refractivity contribution is -0.137. The zero-order chi connectivity index (χ0) is 19.2. The molecule has 26 heavy (non-hydrogen) atoms. The molecule has 3 atom stereocenters. The van der Waals surface area contributed by atoms with Crippen molar-refractivity contribution in [3.05, 3.63) is 60.8 Å². The third-order valence-corrected chi connectivity index (χ3v) is 4.19. The first-order valence-electron chi connectivity index (χ1n) is 9.29. The van der Waals surface area contributed by atoms with Gasteiger partial charge in [0.25, 0.3) is 0 Å². The van der Waals surface area contributed by atoms with Gasteiger partial charge in [-0.25, -0.2) is 0 Å². The monoisotopic (exact) mass is 358 g/mol. The largest absolute Gasteiger partial charge is 0.481 e. The van der Waals surface area contributed by atoms with E-state index in [9.17, 15) is 14.7 Å². The first-order valence-corrected chi connectivity index (χ1v) is 9.29. The van der Waals surface area contributed by atoms with E-state index in [2.05, 4.69) is 37.3 Å². The second-order valence-electron chi connectivity index (χ2n) is 6.36. The van der Waals surface area contributed by atoms with Crippen LogP contribution in [-0.2, 0) is 9.59 Å². The molecule has 1 aliphatic carbocycles. The summed E-state index contributed by atoms with van der Waals surface area (Å²) in [4.78, 5) is 22.5. The predicted octanol–water partition coefficient (Wildman–Crippen LogP) is 4.39. The number of aliphatic carboxylic acids is 1. The maximum atomic E-state index is 12.0. The minimum atomic E-state index is -0.924. The fraction of sp³-hybridized carbons (Fsp3) is 0.455. The van der Waals surface area contributed by atoms with Gasteiger partial charge in [-0.05, 0) is 38.2 Å². The highest BCUT2D eigenvalue weighted by molar-refractivity contribution is 5.95.